The number of ether oxygens (including phenoxy) is 2. The molecule has 1 fully saturated rings. The number of nitriles is 1. The van der Waals surface area contributed by atoms with Crippen molar-refractivity contribution in [1.29, 1.82) is 5.26 Å². The molecular weight excluding hydrogens is 638 g/mol. The minimum atomic E-state index is -0.782. The first-order chi connectivity index (χ1) is 21.5. The quantitative estimate of drug-likeness (QED) is 0.232. The van der Waals surface area contributed by atoms with Gasteiger partial charge in [-0.25, -0.2) is 23.4 Å². The molecule has 4 aromatic rings. The van der Waals surface area contributed by atoms with Crippen molar-refractivity contribution < 1.29 is 27.8 Å². The molecule has 2 aromatic carbocycles. The van der Waals surface area contributed by atoms with E-state index in [-0.39, 0.29) is 48.6 Å². The monoisotopic (exact) mass is 670 g/mol. The Morgan fingerprint density at radius 1 is 1.11 bits per heavy atom. The summed E-state index contributed by atoms with van der Waals surface area (Å²) in [7, 11) is 0. The van der Waals surface area contributed by atoms with Crippen molar-refractivity contribution in [2.45, 2.75) is 65.7 Å². The molecule has 10 nitrogen and oxygen atoms in total. The van der Waals surface area contributed by atoms with Crippen LogP contribution in [-0.2, 0) is 9.47 Å². The van der Waals surface area contributed by atoms with Crippen LogP contribution in [0.15, 0.2) is 24.4 Å². The molecule has 46 heavy (non-hydrogen) atoms. The molecule has 0 bridgehead atoms. The number of nitrogens with zero attached hydrogens (tertiary/aromatic N) is 5. The van der Waals surface area contributed by atoms with Gasteiger partial charge in [0.1, 0.15) is 28.6 Å². The van der Waals surface area contributed by atoms with Crippen molar-refractivity contribution in [2.24, 2.45) is 0 Å². The highest BCUT2D eigenvalue weighted by atomic mass is 35.5. The van der Waals surface area contributed by atoms with E-state index in [2.05, 4.69) is 21.4 Å². The Hall–Kier alpha value is -4.28. The van der Waals surface area contributed by atoms with Gasteiger partial charge in [0, 0.05) is 48.4 Å². The highest BCUT2D eigenvalue weighted by Gasteiger charge is 2.33. The number of nitrogens with one attached hydrogen (secondary N) is 1. The highest BCUT2D eigenvalue weighted by molar-refractivity contribution is 7.22. The molecule has 0 aliphatic carbocycles. The third-order valence-corrected chi connectivity index (χ3v) is 8.36. The Bertz CT molecular complexity index is 1910. The molecule has 0 saturated carbocycles. The van der Waals surface area contributed by atoms with Gasteiger partial charge in [0.25, 0.3) is 0 Å². The number of amides is 2. The summed E-state index contributed by atoms with van der Waals surface area (Å²) in [4.78, 5) is 37.3. The number of carbonyl (C=O) groups is 2. The van der Waals surface area contributed by atoms with Crippen molar-refractivity contribution in [1.82, 2.24) is 14.9 Å². The predicted molar refractivity (Wildman–Crippen MR) is 174 cm³/mol. The molecule has 0 radical (unpaired) electrons. The molecule has 1 N–H and O–H groups in total. The number of hydrogen-bond donors (Lipinski definition) is 1. The van der Waals surface area contributed by atoms with Gasteiger partial charge in [-0.3, -0.25) is 10.3 Å². The molecule has 5 rings (SSSR count). The minimum absolute atomic E-state index is 0.00857. The van der Waals surface area contributed by atoms with Crippen molar-refractivity contribution in [3.63, 3.8) is 0 Å². The molecule has 14 heteroatoms. The average Bonchev–Trinajstić information content (AvgIpc) is 3.36. The van der Waals surface area contributed by atoms with E-state index < -0.39 is 35.0 Å². The Balaban J connectivity index is 1.56. The standard InChI is InChI=1S/C32H33ClF2N6O4S/c1-16-15-40(30(43)45-32(5,6)7)10-11-41(16)26-17(13-36)14-37-24-19(26)12-20(33)22(23(24)35)18-8-9-21(34)27-25(18)38-28(46-27)39-29(42)44-31(2,3)4/h8-9,12,14,16H,10-11,15H2,1-7H3,(H,38,39,42)/t16-/m0/s1. The molecule has 0 unspecified atom stereocenters. The lowest BCUT2D eigenvalue weighted by Gasteiger charge is -2.42. The van der Waals surface area contributed by atoms with Gasteiger partial charge in [-0.2, -0.15) is 5.26 Å². The fourth-order valence-electron chi connectivity index (χ4n) is 5.29. The predicted octanol–water partition coefficient (Wildman–Crippen LogP) is 8.11. The molecule has 1 saturated heterocycles. The number of aromatic nitrogens is 2. The molecule has 1 atom stereocenters. The van der Waals surface area contributed by atoms with Crippen molar-refractivity contribution in [3.8, 4) is 17.2 Å². The second kappa shape index (κ2) is 12.1. The van der Waals surface area contributed by atoms with Crippen molar-refractivity contribution >= 4 is 67.1 Å². The van der Waals surface area contributed by atoms with E-state index in [1.807, 2.05) is 11.8 Å². The lowest BCUT2D eigenvalue weighted by molar-refractivity contribution is 0.0218. The Morgan fingerprint density at radius 2 is 1.80 bits per heavy atom. The summed E-state index contributed by atoms with van der Waals surface area (Å²) < 4.78 is 42.3. The lowest BCUT2D eigenvalue weighted by Crippen LogP contribution is -2.54. The minimum Gasteiger partial charge on any atom is -0.444 e. The summed E-state index contributed by atoms with van der Waals surface area (Å²) >= 11 is 7.64. The fourth-order valence-corrected chi connectivity index (χ4v) is 6.47. The van der Waals surface area contributed by atoms with E-state index in [1.165, 1.54) is 24.4 Å². The van der Waals surface area contributed by atoms with Crippen LogP contribution in [0, 0.1) is 23.0 Å². The van der Waals surface area contributed by atoms with Gasteiger partial charge < -0.3 is 19.3 Å². The average molecular weight is 671 g/mol. The first-order valence-corrected chi connectivity index (χ1v) is 15.7. The summed E-state index contributed by atoms with van der Waals surface area (Å²) in [5, 5.41) is 12.9. The zero-order valence-electron chi connectivity index (χ0n) is 26.4. The maximum absolute atomic E-state index is 16.5. The number of pyridine rings is 1. The van der Waals surface area contributed by atoms with Crippen LogP contribution in [0.3, 0.4) is 0 Å². The lowest BCUT2D eigenvalue weighted by atomic mass is 9.98. The Labute approximate surface area is 273 Å². The molecule has 242 valence electrons. The number of benzene rings is 2. The third kappa shape index (κ3) is 6.64. The van der Waals surface area contributed by atoms with Gasteiger partial charge in [-0.05, 0) is 66.7 Å². The molecular formula is C32H33ClF2N6O4S. The number of carbonyl (C=O) groups excluding carboxylic acids is 2. The molecule has 2 amide bonds. The maximum atomic E-state index is 16.5. The smallest absolute Gasteiger partial charge is 0.413 e. The van der Waals surface area contributed by atoms with E-state index >= 15 is 4.39 Å². The van der Waals surface area contributed by atoms with E-state index in [0.29, 0.717) is 30.7 Å². The zero-order valence-corrected chi connectivity index (χ0v) is 28.0. The van der Waals surface area contributed by atoms with Gasteiger partial charge in [0.15, 0.2) is 10.9 Å². The number of fused-ring (bicyclic) bond motifs is 2. The highest BCUT2D eigenvalue weighted by Crippen LogP contribution is 2.44. The van der Waals surface area contributed by atoms with Crippen LogP contribution in [-0.4, -0.2) is 63.9 Å². The number of piperazine rings is 1. The summed E-state index contributed by atoms with van der Waals surface area (Å²) in [5.41, 5.74) is -0.566. The third-order valence-electron chi connectivity index (χ3n) is 7.08. The number of hydrogen-bond acceptors (Lipinski definition) is 9. The van der Waals surface area contributed by atoms with E-state index in [9.17, 15) is 19.2 Å². The molecule has 0 spiro atoms. The second-order valence-corrected chi connectivity index (χ2v) is 14.4. The molecule has 1 aliphatic rings. The van der Waals surface area contributed by atoms with E-state index in [1.54, 1.807) is 46.4 Å². The molecule has 3 heterocycles. The van der Waals surface area contributed by atoms with Crippen LogP contribution in [0.25, 0.3) is 32.2 Å². The van der Waals surface area contributed by atoms with Crippen LogP contribution < -0.4 is 10.2 Å². The topological polar surface area (TPSA) is 121 Å². The largest absolute Gasteiger partial charge is 0.444 e. The van der Waals surface area contributed by atoms with Crippen LogP contribution in [0.5, 0.6) is 0 Å². The maximum Gasteiger partial charge on any atom is 0.413 e. The number of thiazole rings is 1. The van der Waals surface area contributed by atoms with E-state index in [4.69, 9.17) is 21.1 Å². The summed E-state index contributed by atoms with van der Waals surface area (Å²) in [6.07, 6.45) is 0.0988. The van der Waals surface area contributed by atoms with Gasteiger partial charge in [-0.15, -0.1) is 0 Å². The van der Waals surface area contributed by atoms with Gasteiger partial charge >= 0.3 is 12.2 Å². The van der Waals surface area contributed by atoms with Gasteiger partial charge in [0.05, 0.1) is 26.5 Å². The normalized spacial score (nSPS) is 15.6. The first kappa shape index (κ1) is 33.1. The fraction of sp³-hybridized carbons (Fsp3) is 0.406. The summed E-state index contributed by atoms with van der Waals surface area (Å²) in [5.74, 6) is -1.39. The van der Waals surface area contributed by atoms with Crippen LogP contribution in [0.2, 0.25) is 5.02 Å². The van der Waals surface area contributed by atoms with Crippen molar-refractivity contribution in [2.75, 3.05) is 29.9 Å². The SMILES string of the molecule is C[C@H]1CN(C(=O)OC(C)(C)C)CCN1c1c(C#N)cnc2c(F)c(-c3ccc(F)c4sc(NC(=O)OC(C)(C)C)nc34)c(Cl)cc12. The van der Waals surface area contributed by atoms with Gasteiger partial charge in [-0.1, -0.05) is 22.9 Å². The second-order valence-electron chi connectivity index (χ2n) is 13.0. The zero-order chi connectivity index (χ0) is 33.7. The van der Waals surface area contributed by atoms with Crippen LogP contribution in [0.1, 0.15) is 54.0 Å². The Morgan fingerprint density at radius 3 is 2.43 bits per heavy atom. The van der Waals surface area contributed by atoms with Crippen LogP contribution >= 0.6 is 22.9 Å². The number of rotatable bonds is 3. The van der Waals surface area contributed by atoms with Gasteiger partial charge in [0.2, 0.25) is 0 Å². The molecule has 2 aromatic heterocycles. The number of anilines is 2. The summed E-state index contributed by atoms with van der Waals surface area (Å²) in [6.45, 7) is 13.4. The van der Waals surface area contributed by atoms with Crippen LogP contribution in [0.4, 0.5) is 29.2 Å². The molecule has 1 aliphatic heterocycles. The van der Waals surface area contributed by atoms with E-state index in [0.717, 1.165) is 11.3 Å². The van der Waals surface area contributed by atoms with Crippen molar-refractivity contribution in [3.05, 3.63) is 46.6 Å². The Kier molecular flexibility index (Phi) is 8.74. The summed E-state index contributed by atoms with van der Waals surface area (Å²) in [6, 6.07) is 5.97. The first-order valence-electron chi connectivity index (χ1n) is 14.5. The number of halogens is 3.